The van der Waals surface area contributed by atoms with Crippen molar-refractivity contribution in [2.24, 2.45) is 0 Å². The van der Waals surface area contributed by atoms with Gasteiger partial charge in [0.25, 0.3) is 0 Å². The Balaban J connectivity index is 2.39. The zero-order valence-corrected chi connectivity index (χ0v) is 11.1. The summed E-state index contributed by atoms with van der Waals surface area (Å²) in [6, 6.07) is 6.08. The van der Waals surface area contributed by atoms with Crippen LogP contribution in [0.3, 0.4) is 0 Å². The third-order valence-electron chi connectivity index (χ3n) is 2.87. The fourth-order valence-electron chi connectivity index (χ4n) is 1.60. The zero-order chi connectivity index (χ0) is 13.4. The van der Waals surface area contributed by atoms with E-state index in [1.165, 1.54) is 12.1 Å². The smallest absolute Gasteiger partial charge is 0.126 e. The second kappa shape index (κ2) is 7.34. The first kappa shape index (κ1) is 14.9. The van der Waals surface area contributed by atoms with Crippen molar-refractivity contribution in [2.75, 3.05) is 19.8 Å². The van der Waals surface area contributed by atoms with Crippen LogP contribution in [0.4, 0.5) is 4.39 Å². The van der Waals surface area contributed by atoms with Crippen LogP contribution in [-0.4, -0.2) is 30.4 Å². The largest absolute Gasteiger partial charge is 0.493 e. The normalized spacial score (nSPS) is 14.2. The summed E-state index contributed by atoms with van der Waals surface area (Å²) in [5.74, 6) is 0.215. The molecule has 0 radical (unpaired) electrons. The molecule has 0 aliphatic rings. The van der Waals surface area contributed by atoms with Gasteiger partial charge in [-0.15, -0.1) is 0 Å². The van der Waals surface area contributed by atoms with E-state index in [0.29, 0.717) is 18.8 Å². The van der Waals surface area contributed by atoms with Gasteiger partial charge in [0.05, 0.1) is 13.2 Å². The number of rotatable bonds is 8. The van der Waals surface area contributed by atoms with Crippen molar-refractivity contribution in [1.82, 2.24) is 5.32 Å². The molecule has 0 aliphatic carbocycles. The van der Waals surface area contributed by atoms with E-state index in [-0.39, 0.29) is 18.0 Å². The number of aliphatic hydroxyl groups is 1. The van der Waals surface area contributed by atoms with Crippen molar-refractivity contribution in [2.45, 2.75) is 32.2 Å². The number of benzene rings is 1. The van der Waals surface area contributed by atoms with Crippen molar-refractivity contribution in [3.8, 4) is 5.75 Å². The van der Waals surface area contributed by atoms with E-state index in [0.717, 1.165) is 13.0 Å². The van der Waals surface area contributed by atoms with Gasteiger partial charge in [-0.25, -0.2) is 4.39 Å². The number of hydrogen-bond acceptors (Lipinski definition) is 3. The van der Waals surface area contributed by atoms with Gasteiger partial charge >= 0.3 is 0 Å². The predicted molar refractivity (Wildman–Crippen MR) is 70.3 cm³/mol. The molecule has 0 spiro atoms. The molecular formula is C14H22FNO2. The van der Waals surface area contributed by atoms with Crippen LogP contribution in [0.2, 0.25) is 0 Å². The molecule has 0 amide bonds. The van der Waals surface area contributed by atoms with Crippen LogP contribution in [0.1, 0.15) is 26.7 Å². The van der Waals surface area contributed by atoms with Gasteiger partial charge in [0.1, 0.15) is 11.6 Å². The molecule has 18 heavy (non-hydrogen) atoms. The van der Waals surface area contributed by atoms with Gasteiger partial charge in [-0.05, 0) is 32.0 Å². The quantitative estimate of drug-likeness (QED) is 0.749. The van der Waals surface area contributed by atoms with E-state index in [4.69, 9.17) is 4.74 Å². The van der Waals surface area contributed by atoms with E-state index in [2.05, 4.69) is 12.2 Å². The standard InChI is InChI=1S/C14H22FNO2/c1-3-8-16-14(2,11-17)7-9-18-13-6-4-5-12(15)10-13/h4-6,10,16-17H,3,7-9,11H2,1-2H3. The van der Waals surface area contributed by atoms with Gasteiger partial charge in [0.2, 0.25) is 0 Å². The SMILES string of the molecule is CCCNC(C)(CO)CCOc1cccc(F)c1. The van der Waals surface area contributed by atoms with E-state index in [9.17, 15) is 9.50 Å². The van der Waals surface area contributed by atoms with Gasteiger partial charge in [0.15, 0.2) is 0 Å². The molecule has 1 unspecified atom stereocenters. The average molecular weight is 255 g/mol. The Morgan fingerprint density at radius 2 is 2.22 bits per heavy atom. The first-order valence-electron chi connectivity index (χ1n) is 6.34. The highest BCUT2D eigenvalue weighted by Gasteiger charge is 2.21. The number of hydrogen-bond donors (Lipinski definition) is 2. The lowest BCUT2D eigenvalue weighted by Gasteiger charge is -2.28. The molecule has 4 heteroatoms. The Labute approximate surface area is 108 Å². The zero-order valence-electron chi connectivity index (χ0n) is 11.1. The Bertz CT molecular complexity index is 359. The van der Waals surface area contributed by atoms with E-state index in [1.807, 2.05) is 6.92 Å². The maximum atomic E-state index is 12.9. The van der Waals surface area contributed by atoms with Crippen molar-refractivity contribution in [3.05, 3.63) is 30.1 Å². The second-order valence-corrected chi connectivity index (χ2v) is 4.70. The first-order chi connectivity index (χ1) is 8.59. The molecule has 1 atom stereocenters. The minimum Gasteiger partial charge on any atom is -0.493 e. The molecular weight excluding hydrogens is 233 g/mol. The Hall–Kier alpha value is -1.13. The Morgan fingerprint density at radius 3 is 2.83 bits per heavy atom. The molecule has 1 aromatic carbocycles. The predicted octanol–water partition coefficient (Wildman–Crippen LogP) is 2.35. The number of ether oxygens (including phenoxy) is 1. The molecule has 0 saturated carbocycles. The number of halogens is 1. The van der Waals surface area contributed by atoms with Crippen LogP contribution in [0.25, 0.3) is 0 Å². The average Bonchev–Trinajstić information content (AvgIpc) is 2.36. The maximum absolute atomic E-state index is 12.9. The van der Waals surface area contributed by atoms with Crippen LogP contribution < -0.4 is 10.1 Å². The summed E-state index contributed by atoms with van der Waals surface area (Å²) >= 11 is 0. The van der Waals surface area contributed by atoms with Gasteiger partial charge in [-0.1, -0.05) is 13.0 Å². The van der Waals surface area contributed by atoms with Gasteiger partial charge in [-0.2, -0.15) is 0 Å². The molecule has 0 fully saturated rings. The van der Waals surface area contributed by atoms with Crippen LogP contribution in [0.5, 0.6) is 5.75 Å². The maximum Gasteiger partial charge on any atom is 0.126 e. The Kier molecular flexibility index (Phi) is 6.09. The molecule has 1 rings (SSSR count). The fraction of sp³-hybridized carbons (Fsp3) is 0.571. The third-order valence-corrected chi connectivity index (χ3v) is 2.87. The van der Waals surface area contributed by atoms with Gasteiger partial charge in [0, 0.05) is 18.0 Å². The summed E-state index contributed by atoms with van der Waals surface area (Å²) in [4.78, 5) is 0. The fourth-order valence-corrected chi connectivity index (χ4v) is 1.60. The lowest BCUT2D eigenvalue weighted by molar-refractivity contribution is 0.144. The summed E-state index contributed by atoms with van der Waals surface area (Å²) in [6.07, 6.45) is 1.68. The van der Waals surface area contributed by atoms with Crippen LogP contribution >= 0.6 is 0 Å². The van der Waals surface area contributed by atoms with Crippen molar-refractivity contribution < 1.29 is 14.2 Å². The summed E-state index contributed by atoms with van der Waals surface area (Å²) in [7, 11) is 0. The van der Waals surface area contributed by atoms with Crippen molar-refractivity contribution in [1.29, 1.82) is 0 Å². The van der Waals surface area contributed by atoms with E-state index < -0.39 is 0 Å². The molecule has 102 valence electrons. The van der Waals surface area contributed by atoms with Crippen LogP contribution in [-0.2, 0) is 0 Å². The highest BCUT2D eigenvalue weighted by Crippen LogP contribution is 2.14. The summed E-state index contributed by atoms with van der Waals surface area (Å²) in [5.41, 5.74) is -0.344. The van der Waals surface area contributed by atoms with Crippen LogP contribution in [0, 0.1) is 5.82 Å². The van der Waals surface area contributed by atoms with Crippen molar-refractivity contribution in [3.63, 3.8) is 0 Å². The molecule has 0 bridgehead atoms. The summed E-state index contributed by atoms with van der Waals surface area (Å²) < 4.78 is 18.4. The molecule has 0 aliphatic heterocycles. The number of aliphatic hydroxyl groups excluding tert-OH is 1. The second-order valence-electron chi connectivity index (χ2n) is 4.70. The number of nitrogens with one attached hydrogen (secondary N) is 1. The molecule has 2 N–H and O–H groups in total. The van der Waals surface area contributed by atoms with E-state index >= 15 is 0 Å². The lowest BCUT2D eigenvalue weighted by atomic mass is 9.99. The topological polar surface area (TPSA) is 41.5 Å². The minimum absolute atomic E-state index is 0.0551. The molecule has 1 aromatic rings. The molecule has 0 saturated heterocycles. The molecule has 0 heterocycles. The Morgan fingerprint density at radius 1 is 1.44 bits per heavy atom. The van der Waals surface area contributed by atoms with Crippen LogP contribution in [0.15, 0.2) is 24.3 Å². The minimum atomic E-state index is -0.344. The highest BCUT2D eigenvalue weighted by molar-refractivity contribution is 5.22. The van der Waals surface area contributed by atoms with E-state index in [1.54, 1.807) is 12.1 Å². The first-order valence-corrected chi connectivity index (χ1v) is 6.34. The van der Waals surface area contributed by atoms with Gasteiger partial charge in [-0.3, -0.25) is 0 Å². The third kappa shape index (κ3) is 5.02. The molecule has 3 nitrogen and oxygen atoms in total. The van der Waals surface area contributed by atoms with Crippen molar-refractivity contribution >= 4 is 0 Å². The summed E-state index contributed by atoms with van der Waals surface area (Å²) in [6.45, 7) is 5.39. The molecule has 0 aromatic heterocycles. The monoisotopic (exact) mass is 255 g/mol. The summed E-state index contributed by atoms with van der Waals surface area (Å²) in [5, 5.41) is 12.7. The highest BCUT2D eigenvalue weighted by atomic mass is 19.1. The van der Waals surface area contributed by atoms with Gasteiger partial charge < -0.3 is 15.2 Å². The lowest BCUT2D eigenvalue weighted by Crippen LogP contribution is -2.47.